The van der Waals surface area contributed by atoms with Gasteiger partial charge in [-0.3, -0.25) is 4.79 Å². The van der Waals surface area contributed by atoms with Crippen molar-refractivity contribution in [2.45, 2.75) is 12.8 Å². The molecule has 0 aromatic heterocycles. The normalized spacial score (nSPS) is 17.2. The van der Waals surface area contributed by atoms with Crippen molar-refractivity contribution in [3.05, 3.63) is 0 Å². The summed E-state index contributed by atoms with van der Waals surface area (Å²) in [4.78, 5) is 16.8. The number of aliphatic imine (C=N–C) groups is 1. The zero-order valence-electron chi connectivity index (χ0n) is 7.54. The van der Waals surface area contributed by atoms with Crippen molar-refractivity contribution < 1.29 is 4.79 Å². The van der Waals surface area contributed by atoms with Crippen LogP contribution in [0.4, 0.5) is 0 Å². The Balaban J connectivity index is 2.16. The number of carbonyl (C=O) groups is 1. The summed E-state index contributed by atoms with van der Waals surface area (Å²) in [5, 5.41) is 1.02. The number of carbonyl (C=O) groups excluding carboxylic acids is 1. The number of amides is 1. The van der Waals surface area contributed by atoms with Gasteiger partial charge in [0, 0.05) is 0 Å². The summed E-state index contributed by atoms with van der Waals surface area (Å²) in [6.45, 7) is 1.06. The molecule has 0 atom stereocenters. The minimum Gasteiger partial charge on any atom is -0.309 e. The molecule has 0 radical (unpaired) electrons. The Morgan fingerprint density at radius 2 is 2.33 bits per heavy atom. The van der Waals surface area contributed by atoms with Gasteiger partial charge in [0.05, 0.1) is 10.8 Å². The second-order valence-electron chi connectivity index (χ2n) is 3.09. The van der Waals surface area contributed by atoms with Gasteiger partial charge in [0.2, 0.25) is 0 Å². The third kappa shape index (κ3) is 3.36. The second kappa shape index (κ2) is 4.62. The predicted molar refractivity (Wildman–Crippen MR) is 52.7 cm³/mol. The molecule has 1 aliphatic rings. The zero-order chi connectivity index (χ0) is 8.97. The lowest BCUT2D eigenvalue weighted by atomic mass is 10.3. The summed E-state index contributed by atoms with van der Waals surface area (Å²) in [5.41, 5.74) is 0. The Morgan fingerprint density at radius 3 is 2.83 bits per heavy atom. The van der Waals surface area contributed by atoms with E-state index in [2.05, 4.69) is 24.0 Å². The van der Waals surface area contributed by atoms with E-state index in [1.165, 1.54) is 0 Å². The van der Waals surface area contributed by atoms with Crippen LogP contribution in [0.2, 0.25) is 0 Å². The van der Waals surface area contributed by atoms with Gasteiger partial charge < -0.3 is 4.90 Å². The molecule has 12 heavy (non-hydrogen) atoms. The third-order valence-corrected chi connectivity index (χ3v) is 2.63. The molecule has 0 aliphatic carbocycles. The number of hydrogen-bond acceptors (Lipinski definition) is 3. The smallest absolute Gasteiger partial charge is 0.256 e. The maximum Gasteiger partial charge on any atom is 0.256 e. The molecule has 4 heteroatoms. The maximum atomic E-state index is 10.7. The molecule has 0 aromatic rings. The van der Waals surface area contributed by atoms with Crippen LogP contribution in [-0.4, -0.2) is 42.2 Å². The summed E-state index contributed by atoms with van der Waals surface area (Å²) in [6, 6.07) is 0. The van der Waals surface area contributed by atoms with Crippen molar-refractivity contribution in [3.63, 3.8) is 0 Å². The van der Waals surface area contributed by atoms with Crippen molar-refractivity contribution in [1.29, 1.82) is 0 Å². The van der Waals surface area contributed by atoms with E-state index < -0.39 is 0 Å². The average Bonchev–Trinajstić information content (AvgIpc) is 2.35. The Bertz CT molecular complexity index is 201. The molecule has 0 spiro atoms. The molecular weight excluding hydrogens is 172 g/mol. The molecule has 1 amide bonds. The quantitative estimate of drug-likeness (QED) is 0.656. The second-order valence-corrected chi connectivity index (χ2v) is 4.14. The topological polar surface area (TPSA) is 32.7 Å². The minimum absolute atomic E-state index is 0.0276. The van der Waals surface area contributed by atoms with Crippen LogP contribution < -0.4 is 0 Å². The Hall–Kier alpha value is -0.350. The Labute approximate surface area is 77.2 Å². The molecule has 3 nitrogen and oxygen atoms in total. The lowest BCUT2D eigenvalue weighted by molar-refractivity contribution is -0.115. The summed E-state index contributed by atoms with van der Waals surface area (Å²) in [6.07, 6.45) is 2.04. The lowest BCUT2D eigenvalue weighted by Crippen LogP contribution is -2.13. The van der Waals surface area contributed by atoms with Crippen molar-refractivity contribution >= 4 is 22.7 Å². The molecule has 0 bridgehead atoms. The highest BCUT2D eigenvalue weighted by molar-refractivity contribution is 8.15. The molecule has 68 valence electrons. The lowest BCUT2D eigenvalue weighted by Gasteiger charge is -2.07. The van der Waals surface area contributed by atoms with Crippen LogP contribution >= 0.6 is 11.8 Å². The minimum atomic E-state index is 0.0276. The van der Waals surface area contributed by atoms with Crippen LogP contribution in [0.5, 0.6) is 0 Å². The molecule has 1 heterocycles. The van der Waals surface area contributed by atoms with Crippen LogP contribution in [-0.2, 0) is 4.79 Å². The fourth-order valence-corrected chi connectivity index (χ4v) is 1.83. The van der Waals surface area contributed by atoms with Gasteiger partial charge in [0.25, 0.3) is 5.91 Å². The number of nitrogens with zero attached hydrogens (tertiary/aromatic N) is 2. The zero-order valence-corrected chi connectivity index (χ0v) is 8.36. The highest BCUT2D eigenvalue weighted by Gasteiger charge is 2.13. The van der Waals surface area contributed by atoms with Crippen molar-refractivity contribution in [1.82, 2.24) is 4.90 Å². The molecule has 0 N–H and O–H groups in total. The predicted octanol–water partition coefficient (Wildman–Crippen LogP) is 1.00. The van der Waals surface area contributed by atoms with Crippen LogP contribution in [0, 0.1) is 0 Å². The van der Waals surface area contributed by atoms with E-state index in [0.29, 0.717) is 5.75 Å². The molecule has 0 fully saturated rings. The van der Waals surface area contributed by atoms with Gasteiger partial charge >= 0.3 is 0 Å². The number of thioether (sulfide) groups is 1. The van der Waals surface area contributed by atoms with Crippen molar-refractivity contribution in [2.24, 2.45) is 4.99 Å². The monoisotopic (exact) mass is 186 g/mol. The average molecular weight is 186 g/mol. The molecule has 0 saturated heterocycles. The van der Waals surface area contributed by atoms with Crippen LogP contribution in [0.1, 0.15) is 12.8 Å². The molecular formula is C8H14N2OS. The SMILES string of the molecule is CN(C)CCCC1=NC(=O)CS1. The first-order valence-electron chi connectivity index (χ1n) is 4.06. The molecule has 1 rings (SSSR count). The van der Waals surface area contributed by atoms with Gasteiger partial charge in [-0.1, -0.05) is 0 Å². The summed E-state index contributed by atoms with van der Waals surface area (Å²) >= 11 is 1.58. The van der Waals surface area contributed by atoms with Gasteiger partial charge in [0.15, 0.2) is 0 Å². The maximum absolute atomic E-state index is 10.7. The largest absolute Gasteiger partial charge is 0.309 e. The first-order chi connectivity index (χ1) is 5.68. The van der Waals surface area contributed by atoms with Gasteiger partial charge in [-0.05, 0) is 33.5 Å². The van der Waals surface area contributed by atoms with E-state index in [1.54, 1.807) is 11.8 Å². The van der Waals surface area contributed by atoms with Gasteiger partial charge in [0.1, 0.15) is 0 Å². The van der Waals surface area contributed by atoms with E-state index in [9.17, 15) is 4.79 Å². The van der Waals surface area contributed by atoms with E-state index in [4.69, 9.17) is 0 Å². The Kier molecular flexibility index (Phi) is 3.75. The fourth-order valence-electron chi connectivity index (χ4n) is 1.02. The molecule has 0 unspecified atom stereocenters. The first kappa shape index (κ1) is 9.74. The summed E-state index contributed by atoms with van der Waals surface area (Å²) < 4.78 is 0. The summed E-state index contributed by atoms with van der Waals surface area (Å²) in [7, 11) is 4.10. The van der Waals surface area contributed by atoms with Crippen LogP contribution in [0.3, 0.4) is 0 Å². The van der Waals surface area contributed by atoms with E-state index >= 15 is 0 Å². The number of hydrogen-bond donors (Lipinski definition) is 0. The summed E-state index contributed by atoms with van der Waals surface area (Å²) in [5.74, 6) is 0.581. The number of rotatable bonds is 4. The highest BCUT2D eigenvalue weighted by atomic mass is 32.2. The van der Waals surface area contributed by atoms with Gasteiger partial charge in [-0.2, -0.15) is 0 Å². The molecule has 0 aromatic carbocycles. The highest BCUT2D eigenvalue weighted by Crippen LogP contribution is 2.16. The van der Waals surface area contributed by atoms with Crippen molar-refractivity contribution in [3.8, 4) is 0 Å². The Morgan fingerprint density at radius 1 is 1.58 bits per heavy atom. The van der Waals surface area contributed by atoms with Gasteiger partial charge in [-0.15, -0.1) is 11.8 Å². The first-order valence-corrected chi connectivity index (χ1v) is 5.05. The van der Waals surface area contributed by atoms with Crippen molar-refractivity contribution in [2.75, 3.05) is 26.4 Å². The van der Waals surface area contributed by atoms with Crippen LogP contribution in [0.15, 0.2) is 4.99 Å². The van der Waals surface area contributed by atoms with E-state index in [1.807, 2.05) is 0 Å². The fraction of sp³-hybridized carbons (Fsp3) is 0.750. The van der Waals surface area contributed by atoms with E-state index in [0.717, 1.165) is 24.4 Å². The van der Waals surface area contributed by atoms with Gasteiger partial charge in [-0.25, -0.2) is 4.99 Å². The third-order valence-electron chi connectivity index (χ3n) is 1.61. The van der Waals surface area contributed by atoms with E-state index in [-0.39, 0.29) is 5.91 Å². The standard InChI is InChI=1S/C8H14N2OS/c1-10(2)5-3-4-8-9-7(11)6-12-8/h3-6H2,1-2H3. The molecule has 1 aliphatic heterocycles. The van der Waals surface area contributed by atoms with Crippen LogP contribution in [0.25, 0.3) is 0 Å². The molecule has 0 saturated carbocycles.